The Bertz CT molecular complexity index is 1340. The number of hydrogen-bond acceptors (Lipinski definition) is 4. The van der Waals surface area contributed by atoms with E-state index in [2.05, 4.69) is 5.10 Å². The maximum absolute atomic E-state index is 13.4. The molecule has 2 aromatic carbocycles. The predicted molar refractivity (Wildman–Crippen MR) is 110 cm³/mol. The Hall–Kier alpha value is -3.04. The summed E-state index contributed by atoms with van der Waals surface area (Å²) < 4.78 is 69.9. The van der Waals surface area contributed by atoms with Gasteiger partial charge in [-0.3, -0.25) is 0 Å². The first-order valence-electron chi connectivity index (χ1n) is 8.85. The molecule has 5 nitrogen and oxygen atoms in total. The molecule has 0 fully saturated rings. The summed E-state index contributed by atoms with van der Waals surface area (Å²) in [5, 5.41) is 4.00. The van der Waals surface area contributed by atoms with Crippen LogP contribution in [0.3, 0.4) is 0 Å². The van der Waals surface area contributed by atoms with Crippen molar-refractivity contribution < 1.29 is 26.0 Å². The molecule has 0 N–H and O–H groups in total. The topological polar surface area (TPSA) is 65.1 Å². The highest BCUT2D eigenvalue weighted by molar-refractivity contribution is 7.90. The fraction of sp³-hybridized carbons (Fsp3) is 0.0952. The first-order chi connectivity index (χ1) is 14.5. The van der Waals surface area contributed by atoms with Crippen molar-refractivity contribution in [2.75, 3.05) is 6.26 Å². The first-order valence-corrected chi connectivity index (χ1v) is 11.1. The van der Waals surface area contributed by atoms with Crippen LogP contribution in [0, 0.1) is 0 Å². The summed E-state index contributed by atoms with van der Waals surface area (Å²) in [6.45, 7) is 0. The highest BCUT2D eigenvalue weighted by Gasteiger charge is 2.35. The maximum Gasteiger partial charge on any atom is 0.435 e. The van der Waals surface area contributed by atoms with Crippen molar-refractivity contribution in [2.24, 2.45) is 0 Å². The number of alkyl halides is 3. The molecule has 0 bridgehead atoms. The van der Waals surface area contributed by atoms with Crippen LogP contribution in [-0.2, 0) is 16.0 Å². The number of sulfone groups is 1. The van der Waals surface area contributed by atoms with Gasteiger partial charge in [0.25, 0.3) is 0 Å². The van der Waals surface area contributed by atoms with Gasteiger partial charge in [0.15, 0.2) is 15.5 Å². The molecule has 0 aliphatic heterocycles. The summed E-state index contributed by atoms with van der Waals surface area (Å²) in [6, 6.07) is 14.5. The minimum absolute atomic E-state index is 0.0480. The highest BCUT2D eigenvalue weighted by atomic mass is 35.5. The number of benzene rings is 2. The molecule has 0 saturated carbocycles. The second-order valence-electron chi connectivity index (χ2n) is 6.76. The minimum atomic E-state index is -4.66. The van der Waals surface area contributed by atoms with E-state index in [9.17, 15) is 21.6 Å². The van der Waals surface area contributed by atoms with Crippen LogP contribution < -0.4 is 0 Å². The predicted octanol–water partition coefficient (Wildman–Crippen LogP) is 5.88. The molecule has 0 radical (unpaired) electrons. The molecular formula is C21H14ClF3N2O3S. The van der Waals surface area contributed by atoms with Crippen molar-refractivity contribution in [3.63, 3.8) is 0 Å². The van der Waals surface area contributed by atoms with Crippen molar-refractivity contribution in [1.82, 2.24) is 9.78 Å². The van der Waals surface area contributed by atoms with E-state index in [1.54, 1.807) is 24.3 Å². The monoisotopic (exact) mass is 466 g/mol. The van der Waals surface area contributed by atoms with Crippen LogP contribution >= 0.6 is 11.6 Å². The lowest BCUT2D eigenvalue weighted by Gasteiger charge is -2.10. The standard InChI is InChI=1S/C21H14ClF3N2O3S/c1-31(28,29)15-7-5-14(6-8-15)27-18(12-20(26-27)21(23,24)25)13-4-9-16(17(22)11-13)19-3-2-10-30-19/h2-12H,1H3. The van der Waals surface area contributed by atoms with Crippen LogP contribution in [0.4, 0.5) is 13.2 Å². The lowest BCUT2D eigenvalue weighted by Crippen LogP contribution is -2.07. The third-order valence-corrected chi connectivity index (χ3v) is 6.00. The molecule has 0 saturated heterocycles. The van der Waals surface area contributed by atoms with Crippen LogP contribution in [0.25, 0.3) is 28.3 Å². The molecule has 0 atom stereocenters. The van der Waals surface area contributed by atoms with E-state index in [-0.39, 0.29) is 16.3 Å². The van der Waals surface area contributed by atoms with Gasteiger partial charge in [-0.2, -0.15) is 18.3 Å². The lowest BCUT2D eigenvalue weighted by atomic mass is 10.1. The Morgan fingerprint density at radius 3 is 2.29 bits per heavy atom. The molecular weight excluding hydrogens is 453 g/mol. The van der Waals surface area contributed by atoms with Gasteiger partial charge in [0.1, 0.15) is 5.76 Å². The molecule has 31 heavy (non-hydrogen) atoms. The summed E-state index contributed by atoms with van der Waals surface area (Å²) in [6.07, 6.45) is -2.12. The minimum Gasteiger partial charge on any atom is -0.464 e. The molecule has 0 aliphatic rings. The zero-order valence-corrected chi connectivity index (χ0v) is 17.5. The maximum atomic E-state index is 13.4. The fourth-order valence-corrected chi connectivity index (χ4v) is 3.97. The van der Waals surface area contributed by atoms with Crippen LogP contribution in [-0.4, -0.2) is 24.5 Å². The molecule has 10 heteroatoms. The average molecular weight is 467 g/mol. The van der Waals surface area contributed by atoms with Crippen LogP contribution in [0.15, 0.2) is 76.2 Å². The van der Waals surface area contributed by atoms with E-state index in [4.69, 9.17) is 16.0 Å². The van der Waals surface area contributed by atoms with Gasteiger partial charge in [0, 0.05) is 17.4 Å². The second-order valence-corrected chi connectivity index (χ2v) is 9.19. The number of hydrogen-bond donors (Lipinski definition) is 0. The van der Waals surface area contributed by atoms with Gasteiger partial charge in [0.05, 0.1) is 27.6 Å². The van der Waals surface area contributed by atoms with Crippen LogP contribution in [0.5, 0.6) is 0 Å². The lowest BCUT2D eigenvalue weighted by molar-refractivity contribution is -0.141. The van der Waals surface area contributed by atoms with E-state index < -0.39 is 21.7 Å². The molecule has 2 aromatic heterocycles. The number of furan rings is 1. The van der Waals surface area contributed by atoms with Gasteiger partial charge in [-0.25, -0.2) is 13.1 Å². The smallest absolute Gasteiger partial charge is 0.435 e. The highest BCUT2D eigenvalue weighted by Crippen LogP contribution is 2.36. The summed E-state index contributed by atoms with van der Waals surface area (Å²) in [7, 11) is -3.45. The van der Waals surface area contributed by atoms with E-state index in [0.717, 1.165) is 17.0 Å². The zero-order valence-electron chi connectivity index (χ0n) is 15.9. The Morgan fingerprint density at radius 2 is 1.74 bits per heavy atom. The first kappa shape index (κ1) is 21.2. The second kappa shape index (κ2) is 7.58. The van der Waals surface area contributed by atoms with Crippen molar-refractivity contribution in [1.29, 1.82) is 0 Å². The summed E-state index contributed by atoms with van der Waals surface area (Å²) in [4.78, 5) is 0.0480. The third-order valence-electron chi connectivity index (χ3n) is 4.56. The quantitative estimate of drug-likeness (QED) is 0.377. The normalized spacial score (nSPS) is 12.3. The van der Waals surface area contributed by atoms with Gasteiger partial charge in [-0.05, 0) is 54.6 Å². The van der Waals surface area contributed by atoms with Gasteiger partial charge >= 0.3 is 6.18 Å². The molecule has 0 unspecified atom stereocenters. The fourth-order valence-electron chi connectivity index (χ4n) is 3.06. The SMILES string of the molecule is CS(=O)(=O)c1ccc(-n2nc(C(F)(F)F)cc2-c2ccc(-c3ccco3)c(Cl)c2)cc1. The van der Waals surface area contributed by atoms with Gasteiger partial charge in [-0.15, -0.1) is 0 Å². The van der Waals surface area contributed by atoms with E-state index in [1.807, 2.05) is 0 Å². The molecule has 160 valence electrons. The van der Waals surface area contributed by atoms with Crippen LogP contribution in [0.1, 0.15) is 5.69 Å². The van der Waals surface area contributed by atoms with E-state index >= 15 is 0 Å². The third kappa shape index (κ3) is 4.24. The Balaban J connectivity index is 1.84. The molecule has 4 aromatic rings. The number of aromatic nitrogens is 2. The van der Waals surface area contributed by atoms with Crippen molar-refractivity contribution in [2.45, 2.75) is 11.1 Å². The van der Waals surface area contributed by atoms with Gasteiger partial charge < -0.3 is 4.42 Å². The number of nitrogens with zero attached hydrogens (tertiary/aromatic N) is 2. The molecule has 0 aliphatic carbocycles. The van der Waals surface area contributed by atoms with Gasteiger partial charge in [-0.1, -0.05) is 17.7 Å². The van der Waals surface area contributed by atoms with Gasteiger partial charge in [0.2, 0.25) is 0 Å². The largest absolute Gasteiger partial charge is 0.464 e. The average Bonchev–Trinajstić information content (AvgIpc) is 3.37. The Labute approximate surface area is 180 Å². The summed E-state index contributed by atoms with van der Waals surface area (Å²) in [5.41, 5.74) is 0.322. The molecule has 2 heterocycles. The Kier molecular flexibility index (Phi) is 5.18. The summed E-state index contributed by atoms with van der Waals surface area (Å²) in [5.74, 6) is 0.525. The molecule has 4 rings (SSSR count). The van der Waals surface area contributed by atoms with E-state index in [1.165, 1.54) is 36.6 Å². The van der Waals surface area contributed by atoms with Crippen LogP contribution in [0.2, 0.25) is 5.02 Å². The molecule has 0 amide bonds. The molecule has 0 spiro atoms. The zero-order chi connectivity index (χ0) is 22.4. The Morgan fingerprint density at radius 1 is 1.03 bits per heavy atom. The van der Waals surface area contributed by atoms with E-state index in [0.29, 0.717) is 21.9 Å². The number of rotatable bonds is 4. The van der Waals surface area contributed by atoms with Crippen molar-refractivity contribution in [3.05, 3.63) is 77.6 Å². The van der Waals surface area contributed by atoms with Crippen molar-refractivity contribution >= 4 is 21.4 Å². The summed E-state index contributed by atoms with van der Waals surface area (Å²) >= 11 is 6.36. The van der Waals surface area contributed by atoms with Crippen molar-refractivity contribution in [3.8, 4) is 28.3 Å². The number of halogens is 4.